The molecule has 1 N–H and O–H groups in total. The van der Waals surface area contributed by atoms with Gasteiger partial charge in [-0.2, -0.15) is 0 Å². The number of benzene rings is 2. The van der Waals surface area contributed by atoms with Crippen LogP contribution >= 0.6 is 11.6 Å². The van der Waals surface area contributed by atoms with E-state index in [2.05, 4.69) is 5.32 Å². The lowest BCUT2D eigenvalue weighted by atomic mass is 10.1. The second-order valence-corrected chi connectivity index (χ2v) is 11.2. The molecule has 0 bridgehead atoms. The monoisotopic (exact) mass is 521 g/mol. The van der Waals surface area contributed by atoms with E-state index in [9.17, 15) is 18.0 Å². The molecule has 0 heterocycles. The predicted octanol–water partition coefficient (Wildman–Crippen LogP) is 4.53. The minimum Gasteiger partial charge on any atom is -0.352 e. The fraction of sp³-hybridized carbons (Fsp3) is 0.462. The Hall–Kier alpha value is -2.58. The van der Waals surface area contributed by atoms with Crippen molar-refractivity contribution in [3.05, 3.63) is 64.7 Å². The number of halogens is 1. The van der Waals surface area contributed by atoms with Crippen molar-refractivity contribution in [2.75, 3.05) is 17.1 Å². The molecule has 0 aromatic heterocycles. The first-order valence-electron chi connectivity index (χ1n) is 11.8. The van der Waals surface area contributed by atoms with Crippen molar-refractivity contribution < 1.29 is 18.0 Å². The number of carbonyl (C=O) groups is 2. The first-order valence-corrected chi connectivity index (χ1v) is 14.0. The van der Waals surface area contributed by atoms with Crippen molar-refractivity contribution >= 4 is 39.1 Å². The van der Waals surface area contributed by atoms with Gasteiger partial charge in [0.05, 0.1) is 11.9 Å². The number of anilines is 1. The Morgan fingerprint density at radius 3 is 2.37 bits per heavy atom. The van der Waals surface area contributed by atoms with Gasteiger partial charge in [0.2, 0.25) is 21.8 Å². The van der Waals surface area contributed by atoms with Gasteiger partial charge in [-0.25, -0.2) is 8.42 Å². The smallest absolute Gasteiger partial charge is 0.242 e. The lowest BCUT2D eigenvalue weighted by Crippen LogP contribution is -2.49. The van der Waals surface area contributed by atoms with E-state index in [0.717, 1.165) is 23.8 Å². The summed E-state index contributed by atoms with van der Waals surface area (Å²) in [6.07, 6.45) is 2.32. The molecule has 2 aromatic carbocycles. The summed E-state index contributed by atoms with van der Waals surface area (Å²) in [5.41, 5.74) is 2.25. The Morgan fingerprint density at radius 2 is 1.77 bits per heavy atom. The van der Waals surface area contributed by atoms with Crippen LogP contribution in [0, 0.1) is 6.92 Å². The zero-order valence-corrected chi connectivity index (χ0v) is 22.7. The van der Waals surface area contributed by atoms with Crippen LogP contribution in [0.4, 0.5) is 5.69 Å². The summed E-state index contributed by atoms with van der Waals surface area (Å²) in [7, 11) is -3.53. The molecule has 2 aromatic rings. The third-order valence-corrected chi connectivity index (χ3v) is 7.47. The van der Waals surface area contributed by atoms with E-state index in [-0.39, 0.29) is 37.4 Å². The van der Waals surface area contributed by atoms with Gasteiger partial charge in [0.25, 0.3) is 0 Å². The highest BCUT2D eigenvalue weighted by atomic mass is 35.5. The Kier molecular flexibility index (Phi) is 10.6. The quantitative estimate of drug-likeness (QED) is 0.444. The van der Waals surface area contributed by atoms with Crippen LogP contribution in [0.3, 0.4) is 0 Å². The number of hydrogen-bond acceptors (Lipinski definition) is 4. The zero-order chi connectivity index (χ0) is 26.2. The zero-order valence-electron chi connectivity index (χ0n) is 21.1. The van der Waals surface area contributed by atoms with Crippen molar-refractivity contribution in [2.45, 2.75) is 65.6 Å². The lowest BCUT2D eigenvalue weighted by Gasteiger charge is -2.30. The average Bonchev–Trinajstić information content (AvgIpc) is 2.79. The van der Waals surface area contributed by atoms with E-state index in [0.29, 0.717) is 17.1 Å². The molecule has 0 aliphatic heterocycles. The predicted molar refractivity (Wildman–Crippen MR) is 142 cm³/mol. The van der Waals surface area contributed by atoms with Crippen molar-refractivity contribution in [1.29, 1.82) is 0 Å². The van der Waals surface area contributed by atoms with Gasteiger partial charge in [0, 0.05) is 30.6 Å². The van der Waals surface area contributed by atoms with Crippen LogP contribution < -0.4 is 9.62 Å². The summed E-state index contributed by atoms with van der Waals surface area (Å²) in [6, 6.07) is 13.7. The fourth-order valence-electron chi connectivity index (χ4n) is 3.65. The molecule has 2 rings (SSSR count). The molecular weight excluding hydrogens is 486 g/mol. The molecule has 0 radical (unpaired) electrons. The van der Waals surface area contributed by atoms with E-state index in [1.54, 1.807) is 31.2 Å². The maximum atomic E-state index is 13.3. The normalized spacial score (nSPS) is 13.1. The molecule has 0 saturated carbocycles. The van der Waals surface area contributed by atoms with Crippen LogP contribution in [0.15, 0.2) is 48.5 Å². The van der Waals surface area contributed by atoms with Crippen LogP contribution in [0.5, 0.6) is 0 Å². The third-order valence-electron chi connectivity index (χ3n) is 5.91. The van der Waals surface area contributed by atoms with Crippen molar-refractivity contribution in [1.82, 2.24) is 10.2 Å². The molecule has 2 amide bonds. The number of nitrogens with zero attached hydrogens (tertiary/aromatic N) is 2. The van der Waals surface area contributed by atoms with Crippen LogP contribution in [0.1, 0.15) is 51.2 Å². The van der Waals surface area contributed by atoms with E-state index in [4.69, 9.17) is 11.6 Å². The number of amides is 2. The highest BCUT2D eigenvalue weighted by Crippen LogP contribution is 2.22. The fourth-order valence-corrected chi connectivity index (χ4v) is 4.80. The average molecular weight is 522 g/mol. The molecule has 0 aliphatic rings. The highest BCUT2D eigenvalue weighted by molar-refractivity contribution is 7.92. The molecule has 2 unspecified atom stereocenters. The Balaban J connectivity index is 2.19. The van der Waals surface area contributed by atoms with Crippen LogP contribution in [0.25, 0.3) is 0 Å². The molecule has 7 nitrogen and oxygen atoms in total. The van der Waals surface area contributed by atoms with E-state index in [1.165, 1.54) is 9.21 Å². The minimum absolute atomic E-state index is 0.0140. The summed E-state index contributed by atoms with van der Waals surface area (Å²) in [4.78, 5) is 27.7. The van der Waals surface area contributed by atoms with Gasteiger partial charge in [-0.15, -0.1) is 0 Å². The Bertz CT molecular complexity index is 1120. The molecule has 0 aliphatic carbocycles. The second-order valence-electron chi connectivity index (χ2n) is 8.88. The number of carbonyl (C=O) groups excluding carboxylic acids is 2. The molecule has 35 heavy (non-hydrogen) atoms. The maximum Gasteiger partial charge on any atom is 0.242 e. The van der Waals surface area contributed by atoms with Gasteiger partial charge in [0.1, 0.15) is 6.04 Å². The highest BCUT2D eigenvalue weighted by Gasteiger charge is 2.27. The van der Waals surface area contributed by atoms with Gasteiger partial charge in [0.15, 0.2) is 0 Å². The SMILES string of the molecule is CCC(C)NC(=O)C(C)N(Cc1ccccc1Cl)C(=O)CCCN(c1cccc(C)c1)S(C)(=O)=O. The third kappa shape index (κ3) is 8.54. The number of rotatable bonds is 12. The van der Waals surface area contributed by atoms with Crippen molar-refractivity contribution in [2.24, 2.45) is 0 Å². The summed E-state index contributed by atoms with van der Waals surface area (Å²) in [6.45, 7) is 7.82. The standard InChI is InChI=1S/C26H36ClN3O4S/c1-6-20(3)28-26(32)21(4)29(18-22-12-7-8-14-24(22)27)25(31)15-10-16-30(35(5,33)34)23-13-9-11-19(2)17-23/h7-9,11-14,17,20-21H,6,10,15-16,18H2,1-5H3,(H,28,32). The molecular formula is C26H36ClN3O4S. The van der Waals surface area contributed by atoms with Gasteiger partial charge >= 0.3 is 0 Å². The van der Waals surface area contributed by atoms with Crippen molar-refractivity contribution in [3.8, 4) is 0 Å². The Morgan fingerprint density at radius 1 is 1.09 bits per heavy atom. The number of nitrogens with one attached hydrogen (secondary N) is 1. The van der Waals surface area contributed by atoms with E-state index in [1.807, 2.05) is 45.0 Å². The number of sulfonamides is 1. The van der Waals surface area contributed by atoms with Crippen molar-refractivity contribution in [3.63, 3.8) is 0 Å². The largest absolute Gasteiger partial charge is 0.352 e. The van der Waals surface area contributed by atoms with Gasteiger partial charge in [-0.1, -0.05) is 48.9 Å². The molecule has 192 valence electrons. The summed E-state index contributed by atoms with van der Waals surface area (Å²) < 4.78 is 26.2. The topological polar surface area (TPSA) is 86.8 Å². The summed E-state index contributed by atoms with van der Waals surface area (Å²) in [5.74, 6) is -0.480. The lowest BCUT2D eigenvalue weighted by molar-refractivity contribution is -0.140. The van der Waals surface area contributed by atoms with Crippen LogP contribution in [0.2, 0.25) is 5.02 Å². The van der Waals surface area contributed by atoms with E-state index < -0.39 is 16.1 Å². The number of aryl methyl sites for hydroxylation is 1. The molecule has 9 heteroatoms. The second kappa shape index (κ2) is 12.9. The summed E-state index contributed by atoms with van der Waals surface area (Å²) >= 11 is 6.33. The maximum absolute atomic E-state index is 13.3. The molecule has 0 saturated heterocycles. The van der Waals surface area contributed by atoms with Crippen LogP contribution in [-0.2, 0) is 26.2 Å². The first-order chi connectivity index (χ1) is 16.4. The Labute approximate surface area is 214 Å². The van der Waals surface area contributed by atoms with E-state index >= 15 is 0 Å². The number of hydrogen-bond donors (Lipinski definition) is 1. The van der Waals surface area contributed by atoms with Gasteiger partial charge < -0.3 is 10.2 Å². The van der Waals surface area contributed by atoms with Gasteiger partial charge in [-0.3, -0.25) is 13.9 Å². The summed E-state index contributed by atoms with van der Waals surface area (Å²) in [5, 5.41) is 3.45. The molecule has 2 atom stereocenters. The van der Waals surface area contributed by atoms with Gasteiger partial charge in [-0.05, 0) is 62.9 Å². The molecule has 0 spiro atoms. The molecule has 0 fully saturated rings. The minimum atomic E-state index is -3.53. The van der Waals surface area contributed by atoms with Crippen LogP contribution in [-0.4, -0.2) is 50.0 Å². The first kappa shape index (κ1) is 28.7.